The van der Waals surface area contributed by atoms with E-state index in [9.17, 15) is 19.7 Å². The summed E-state index contributed by atoms with van der Waals surface area (Å²) in [6.07, 6.45) is -0.246. The predicted molar refractivity (Wildman–Crippen MR) is 118 cm³/mol. The number of nitro benzene ring substituents is 1. The van der Waals surface area contributed by atoms with Gasteiger partial charge in [0.25, 0.3) is 5.69 Å². The van der Waals surface area contributed by atoms with Gasteiger partial charge < -0.3 is 15.2 Å². The van der Waals surface area contributed by atoms with E-state index in [1.807, 2.05) is 18.2 Å². The second kappa shape index (κ2) is 9.40. The van der Waals surface area contributed by atoms with Crippen LogP contribution in [0.3, 0.4) is 0 Å². The molecule has 1 heterocycles. The van der Waals surface area contributed by atoms with Crippen molar-refractivity contribution in [1.82, 2.24) is 0 Å². The number of carbonyl (C=O) groups excluding carboxylic acids is 1. The van der Waals surface area contributed by atoms with Gasteiger partial charge in [-0.15, -0.1) is 11.3 Å². The molecule has 0 atom stereocenters. The molecule has 0 saturated heterocycles. The first-order valence-electron chi connectivity index (χ1n) is 9.30. The highest BCUT2D eigenvalue weighted by Gasteiger charge is 2.20. The molecule has 3 aromatic rings. The number of methoxy groups -OCH3 is 1. The number of hydrogen-bond donors (Lipinski definition) is 2. The largest absolute Gasteiger partial charge is 0.496 e. The molecular weight excluding hydrogens is 420 g/mol. The number of rotatable bonds is 8. The van der Waals surface area contributed by atoms with Crippen LogP contribution in [0.4, 0.5) is 11.4 Å². The fourth-order valence-electron chi connectivity index (χ4n) is 3.21. The predicted octanol–water partition coefficient (Wildman–Crippen LogP) is 4.45. The lowest BCUT2D eigenvalue weighted by molar-refractivity contribution is -0.385. The van der Waals surface area contributed by atoms with Crippen LogP contribution in [-0.4, -0.2) is 29.0 Å². The van der Waals surface area contributed by atoms with Crippen molar-refractivity contribution in [1.29, 1.82) is 0 Å². The van der Waals surface area contributed by atoms with Crippen molar-refractivity contribution in [2.24, 2.45) is 0 Å². The van der Waals surface area contributed by atoms with E-state index >= 15 is 0 Å². The SMILES string of the molecule is COc1cc([N+](=O)[O-])c(CC(=O)Nc2ccccc2-c2ccc(CC(=O)O)s2)cc1C. The number of ether oxygens (including phenoxy) is 1. The van der Waals surface area contributed by atoms with E-state index in [4.69, 9.17) is 9.84 Å². The van der Waals surface area contributed by atoms with E-state index < -0.39 is 16.8 Å². The van der Waals surface area contributed by atoms with Gasteiger partial charge in [0.05, 0.1) is 30.9 Å². The van der Waals surface area contributed by atoms with Crippen molar-refractivity contribution in [3.05, 3.63) is 74.6 Å². The fourth-order valence-corrected chi connectivity index (χ4v) is 4.25. The number of carboxylic acids is 1. The summed E-state index contributed by atoms with van der Waals surface area (Å²) in [5, 5.41) is 23.2. The molecule has 31 heavy (non-hydrogen) atoms. The molecule has 0 saturated carbocycles. The number of para-hydroxylation sites is 1. The van der Waals surface area contributed by atoms with Crippen LogP contribution in [0.2, 0.25) is 0 Å². The lowest BCUT2D eigenvalue weighted by Crippen LogP contribution is -2.16. The second-order valence-corrected chi connectivity index (χ2v) is 7.98. The summed E-state index contributed by atoms with van der Waals surface area (Å²) in [5.74, 6) is -0.926. The zero-order chi connectivity index (χ0) is 22.5. The van der Waals surface area contributed by atoms with Crippen molar-refractivity contribution in [3.8, 4) is 16.2 Å². The Morgan fingerprint density at radius 3 is 2.58 bits per heavy atom. The van der Waals surface area contributed by atoms with Crippen LogP contribution in [0.5, 0.6) is 5.75 Å². The zero-order valence-electron chi connectivity index (χ0n) is 16.9. The Labute approximate surface area is 182 Å². The number of benzene rings is 2. The van der Waals surface area contributed by atoms with Crippen molar-refractivity contribution >= 4 is 34.6 Å². The van der Waals surface area contributed by atoms with E-state index in [0.29, 0.717) is 21.9 Å². The normalized spacial score (nSPS) is 10.5. The van der Waals surface area contributed by atoms with Crippen molar-refractivity contribution in [2.45, 2.75) is 19.8 Å². The van der Waals surface area contributed by atoms with Gasteiger partial charge >= 0.3 is 5.97 Å². The third-order valence-corrected chi connectivity index (χ3v) is 5.72. The number of nitrogens with zero attached hydrogens (tertiary/aromatic N) is 1. The highest BCUT2D eigenvalue weighted by Crippen LogP contribution is 2.34. The number of carbonyl (C=O) groups is 2. The number of nitro groups is 1. The van der Waals surface area contributed by atoms with Gasteiger partial charge in [-0.2, -0.15) is 0 Å². The van der Waals surface area contributed by atoms with Crippen LogP contribution in [0.25, 0.3) is 10.4 Å². The molecule has 2 N–H and O–H groups in total. The molecule has 0 spiro atoms. The summed E-state index contributed by atoms with van der Waals surface area (Å²) in [5.41, 5.74) is 2.10. The molecule has 9 heteroatoms. The summed E-state index contributed by atoms with van der Waals surface area (Å²) < 4.78 is 5.14. The van der Waals surface area contributed by atoms with E-state index in [-0.39, 0.29) is 24.1 Å². The van der Waals surface area contributed by atoms with Gasteiger partial charge in [0.15, 0.2) is 0 Å². The third-order valence-electron chi connectivity index (χ3n) is 4.60. The topological polar surface area (TPSA) is 119 Å². The number of amides is 1. The average molecular weight is 440 g/mol. The van der Waals surface area contributed by atoms with Gasteiger partial charge in [-0.05, 0) is 36.8 Å². The zero-order valence-corrected chi connectivity index (χ0v) is 17.7. The maximum Gasteiger partial charge on any atom is 0.308 e. The molecule has 0 aliphatic carbocycles. The quantitative estimate of drug-likeness (QED) is 0.395. The summed E-state index contributed by atoms with van der Waals surface area (Å²) in [6.45, 7) is 1.75. The summed E-state index contributed by atoms with van der Waals surface area (Å²) in [4.78, 5) is 36.1. The molecule has 160 valence electrons. The minimum atomic E-state index is -0.911. The number of hydrogen-bond acceptors (Lipinski definition) is 6. The molecule has 0 bridgehead atoms. The molecule has 8 nitrogen and oxygen atoms in total. The average Bonchev–Trinajstić information content (AvgIpc) is 3.15. The Hall–Kier alpha value is -3.72. The lowest BCUT2D eigenvalue weighted by atomic mass is 10.0. The van der Waals surface area contributed by atoms with Crippen LogP contribution < -0.4 is 10.1 Å². The number of anilines is 1. The molecule has 0 unspecified atom stereocenters. The smallest absolute Gasteiger partial charge is 0.308 e. The Kier molecular flexibility index (Phi) is 6.66. The molecule has 1 amide bonds. The van der Waals surface area contributed by atoms with Crippen molar-refractivity contribution in [2.75, 3.05) is 12.4 Å². The highest BCUT2D eigenvalue weighted by atomic mass is 32.1. The van der Waals surface area contributed by atoms with Crippen molar-refractivity contribution < 1.29 is 24.4 Å². The molecule has 3 rings (SSSR count). The summed E-state index contributed by atoms with van der Waals surface area (Å²) in [6, 6.07) is 13.6. The van der Waals surface area contributed by atoms with Crippen LogP contribution in [0.1, 0.15) is 16.0 Å². The molecule has 0 aliphatic rings. The summed E-state index contributed by atoms with van der Waals surface area (Å²) >= 11 is 1.34. The van der Waals surface area contributed by atoms with Crippen LogP contribution in [0.15, 0.2) is 48.5 Å². The van der Waals surface area contributed by atoms with E-state index in [1.54, 1.807) is 31.2 Å². The van der Waals surface area contributed by atoms with Crippen LogP contribution >= 0.6 is 11.3 Å². The van der Waals surface area contributed by atoms with Gasteiger partial charge in [-0.25, -0.2) is 0 Å². The van der Waals surface area contributed by atoms with Gasteiger partial charge in [-0.3, -0.25) is 19.7 Å². The number of nitrogens with one attached hydrogen (secondary N) is 1. The molecule has 0 fully saturated rings. The summed E-state index contributed by atoms with van der Waals surface area (Å²) in [7, 11) is 1.43. The number of aliphatic carboxylic acids is 1. The van der Waals surface area contributed by atoms with Crippen molar-refractivity contribution in [3.63, 3.8) is 0 Å². The molecular formula is C22H20N2O6S. The molecule has 2 aromatic carbocycles. The van der Waals surface area contributed by atoms with Gasteiger partial charge in [0.2, 0.25) is 5.91 Å². The Balaban J connectivity index is 1.84. The standard InChI is InChI=1S/C22H20N2O6S/c1-13-9-14(18(24(28)29)12-19(13)30-2)10-21(25)23-17-6-4-3-5-16(17)20-8-7-15(31-20)11-22(26)27/h3-9,12H,10-11H2,1-2H3,(H,23,25)(H,26,27). The Morgan fingerprint density at radius 2 is 1.90 bits per heavy atom. The van der Waals surface area contributed by atoms with E-state index in [2.05, 4.69) is 5.32 Å². The Bertz CT molecular complexity index is 1150. The highest BCUT2D eigenvalue weighted by molar-refractivity contribution is 7.15. The minimum absolute atomic E-state index is 0.0698. The first kappa shape index (κ1) is 22.0. The minimum Gasteiger partial charge on any atom is -0.496 e. The molecule has 0 radical (unpaired) electrons. The number of thiophene rings is 1. The van der Waals surface area contributed by atoms with Gasteiger partial charge in [-0.1, -0.05) is 18.2 Å². The molecule has 0 aliphatic heterocycles. The van der Waals surface area contributed by atoms with E-state index in [0.717, 1.165) is 10.4 Å². The van der Waals surface area contributed by atoms with Gasteiger partial charge in [0, 0.05) is 26.6 Å². The van der Waals surface area contributed by atoms with Gasteiger partial charge in [0.1, 0.15) is 5.75 Å². The fraction of sp³-hybridized carbons (Fsp3) is 0.182. The van der Waals surface area contributed by atoms with Crippen LogP contribution in [-0.2, 0) is 22.4 Å². The number of carboxylic acid groups (broad SMARTS) is 1. The number of aryl methyl sites for hydroxylation is 1. The maximum absolute atomic E-state index is 12.7. The lowest BCUT2D eigenvalue weighted by Gasteiger charge is -2.11. The third kappa shape index (κ3) is 5.26. The first-order valence-corrected chi connectivity index (χ1v) is 10.1. The first-order chi connectivity index (χ1) is 14.8. The monoisotopic (exact) mass is 440 g/mol. The molecule has 1 aromatic heterocycles. The van der Waals surface area contributed by atoms with E-state index in [1.165, 1.54) is 24.5 Å². The second-order valence-electron chi connectivity index (χ2n) is 6.81. The van der Waals surface area contributed by atoms with Crippen LogP contribution in [0, 0.1) is 17.0 Å². The maximum atomic E-state index is 12.7. The Morgan fingerprint density at radius 1 is 1.16 bits per heavy atom.